The Kier molecular flexibility index (Phi) is 6.07. The monoisotopic (exact) mass is 446 g/mol. The third kappa shape index (κ3) is 3.99. The maximum atomic E-state index is 13.4. The largest absolute Gasteiger partial charge is 0.394 e. The Morgan fingerprint density at radius 1 is 1.15 bits per heavy atom. The van der Waals surface area contributed by atoms with Crippen molar-refractivity contribution >= 4 is 11.6 Å². The molecule has 5 rings (SSSR count). The van der Waals surface area contributed by atoms with Gasteiger partial charge in [0.2, 0.25) is 5.91 Å². The van der Waals surface area contributed by atoms with Crippen LogP contribution in [0, 0.1) is 17.2 Å². The first-order chi connectivity index (χ1) is 16.1. The first-order valence-electron chi connectivity index (χ1n) is 11.7. The van der Waals surface area contributed by atoms with Gasteiger partial charge in [0.25, 0.3) is 0 Å². The fourth-order valence-electron chi connectivity index (χ4n) is 5.72. The number of amides is 1. The van der Waals surface area contributed by atoms with E-state index in [1.54, 1.807) is 6.07 Å². The molecular weight excluding hydrogens is 416 g/mol. The molecule has 2 aromatic rings. The smallest absolute Gasteiger partial charge is 0.237 e. The van der Waals surface area contributed by atoms with Gasteiger partial charge in [0.15, 0.2) is 0 Å². The summed E-state index contributed by atoms with van der Waals surface area (Å²) in [4.78, 5) is 19.8. The SMILES string of the molecule is CN1c2ccc(-c3cccc(C#N)c3)cc2[C@@H]2[C@@H](CCN2C(=O)CN2CCOCC2)[C@@H]1CO. The molecule has 2 fully saturated rings. The Balaban J connectivity index is 1.51. The van der Waals surface area contributed by atoms with Crippen LogP contribution in [-0.4, -0.2) is 79.9 Å². The number of nitrogens with zero attached hydrogens (tertiary/aromatic N) is 4. The highest BCUT2D eigenvalue weighted by Crippen LogP contribution is 2.49. The zero-order valence-corrected chi connectivity index (χ0v) is 19.0. The van der Waals surface area contributed by atoms with Crippen LogP contribution in [0.15, 0.2) is 42.5 Å². The lowest BCUT2D eigenvalue weighted by atomic mass is 9.81. The Morgan fingerprint density at radius 3 is 2.70 bits per heavy atom. The van der Waals surface area contributed by atoms with Crippen molar-refractivity contribution in [1.29, 1.82) is 5.26 Å². The predicted octanol–water partition coefficient (Wildman–Crippen LogP) is 2.26. The van der Waals surface area contributed by atoms with E-state index in [0.29, 0.717) is 31.9 Å². The van der Waals surface area contributed by atoms with Gasteiger partial charge in [-0.25, -0.2) is 0 Å². The van der Waals surface area contributed by atoms with E-state index in [4.69, 9.17) is 4.74 Å². The summed E-state index contributed by atoms with van der Waals surface area (Å²) in [6.07, 6.45) is 0.878. The van der Waals surface area contributed by atoms with Crippen LogP contribution in [0.3, 0.4) is 0 Å². The van der Waals surface area contributed by atoms with E-state index >= 15 is 0 Å². The number of ether oxygens (including phenoxy) is 1. The van der Waals surface area contributed by atoms with Crippen molar-refractivity contribution in [2.75, 3.05) is 57.9 Å². The average Bonchev–Trinajstić information content (AvgIpc) is 3.30. The summed E-state index contributed by atoms with van der Waals surface area (Å²) in [7, 11) is 2.03. The van der Waals surface area contributed by atoms with Gasteiger partial charge in [-0.15, -0.1) is 0 Å². The molecule has 2 saturated heterocycles. The van der Waals surface area contributed by atoms with Crippen LogP contribution in [0.25, 0.3) is 11.1 Å². The lowest BCUT2D eigenvalue weighted by Gasteiger charge is -2.45. The van der Waals surface area contributed by atoms with Crippen molar-refractivity contribution in [1.82, 2.24) is 9.80 Å². The molecule has 3 heterocycles. The number of morpholine rings is 1. The molecule has 7 nitrogen and oxygen atoms in total. The van der Waals surface area contributed by atoms with Crippen molar-refractivity contribution in [3.05, 3.63) is 53.6 Å². The summed E-state index contributed by atoms with van der Waals surface area (Å²) in [6, 6.07) is 16.1. The molecule has 0 unspecified atom stereocenters. The van der Waals surface area contributed by atoms with E-state index in [0.717, 1.165) is 41.9 Å². The molecule has 3 aliphatic heterocycles. The molecule has 0 bridgehead atoms. The normalized spacial score (nSPS) is 24.8. The molecule has 0 radical (unpaired) electrons. The summed E-state index contributed by atoms with van der Waals surface area (Å²) in [5, 5.41) is 19.5. The number of fused-ring (bicyclic) bond motifs is 3. The van der Waals surface area contributed by atoms with E-state index in [2.05, 4.69) is 34.1 Å². The fraction of sp³-hybridized carbons (Fsp3) is 0.462. The van der Waals surface area contributed by atoms with Crippen LogP contribution >= 0.6 is 0 Å². The van der Waals surface area contributed by atoms with Gasteiger partial charge in [0, 0.05) is 38.3 Å². The highest BCUT2D eigenvalue weighted by atomic mass is 16.5. The minimum atomic E-state index is -0.0546. The van der Waals surface area contributed by atoms with E-state index in [1.807, 2.05) is 30.1 Å². The standard InChI is InChI=1S/C26H30N4O3/c1-28-23-6-5-20(19-4-2-3-18(13-19)15-27)14-22(23)26-21(24(28)17-31)7-8-30(26)25(32)16-29-9-11-33-12-10-29/h2-6,13-14,21,24,26,31H,7-12,16-17H2,1H3/t21-,24-,26-/m0/s1. The summed E-state index contributed by atoms with van der Waals surface area (Å²) in [6.45, 7) is 4.09. The second kappa shape index (κ2) is 9.14. The average molecular weight is 447 g/mol. The molecule has 33 heavy (non-hydrogen) atoms. The number of carbonyl (C=O) groups excluding carboxylic acids is 1. The minimum absolute atomic E-state index is 0.0172. The molecule has 172 valence electrons. The third-order valence-corrected chi connectivity index (χ3v) is 7.46. The zero-order valence-electron chi connectivity index (χ0n) is 19.0. The molecule has 2 aromatic carbocycles. The molecule has 3 atom stereocenters. The molecule has 1 amide bonds. The molecule has 3 aliphatic rings. The van der Waals surface area contributed by atoms with Crippen LogP contribution in [0.2, 0.25) is 0 Å². The van der Waals surface area contributed by atoms with Gasteiger partial charge in [0.05, 0.1) is 50.1 Å². The summed E-state index contributed by atoms with van der Waals surface area (Å²) >= 11 is 0. The van der Waals surface area contributed by atoms with Crippen LogP contribution in [0.5, 0.6) is 0 Å². The molecule has 0 saturated carbocycles. The molecule has 0 spiro atoms. The molecule has 0 aliphatic carbocycles. The van der Waals surface area contributed by atoms with Gasteiger partial charge >= 0.3 is 0 Å². The number of carbonyl (C=O) groups is 1. The van der Waals surface area contributed by atoms with E-state index < -0.39 is 0 Å². The predicted molar refractivity (Wildman–Crippen MR) is 126 cm³/mol. The Labute approximate surface area is 194 Å². The van der Waals surface area contributed by atoms with Crippen LogP contribution in [-0.2, 0) is 9.53 Å². The van der Waals surface area contributed by atoms with Gasteiger partial charge in [0.1, 0.15) is 0 Å². The summed E-state index contributed by atoms with van der Waals surface area (Å²) in [5.41, 5.74) is 4.84. The lowest BCUT2D eigenvalue weighted by molar-refractivity contribution is -0.135. The Morgan fingerprint density at radius 2 is 1.94 bits per heavy atom. The van der Waals surface area contributed by atoms with Crippen molar-refractivity contribution < 1.29 is 14.6 Å². The van der Waals surface area contributed by atoms with Gasteiger partial charge in [-0.1, -0.05) is 18.2 Å². The number of anilines is 1. The molecule has 0 aromatic heterocycles. The highest BCUT2D eigenvalue weighted by Gasteiger charge is 2.47. The van der Waals surface area contributed by atoms with Crippen molar-refractivity contribution in [2.45, 2.75) is 18.5 Å². The first-order valence-corrected chi connectivity index (χ1v) is 11.7. The highest BCUT2D eigenvalue weighted by molar-refractivity contribution is 5.80. The van der Waals surface area contributed by atoms with E-state index in [-0.39, 0.29) is 30.5 Å². The first kappa shape index (κ1) is 21.9. The molecule has 1 N–H and O–H groups in total. The van der Waals surface area contributed by atoms with Gasteiger partial charge in [-0.3, -0.25) is 9.69 Å². The zero-order chi connectivity index (χ0) is 22.9. The number of aliphatic hydroxyl groups excluding tert-OH is 1. The maximum absolute atomic E-state index is 13.4. The fourth-order valence-corrected chi connectivity index (χ4v) is 5.72. The van der Waals surface area contributed by atoms with E-state index in [9.17, 15) is 15.2 Å². The van der Waals surface area contributed by atoms with Crippen LogP contribution in [0.1, 0.15) is 23.6 Å². The second-order valence-electron chi connectivity index (χ2n) is 9.20. The summed E-state index contributed by atoms with van der Waals surface area (Å²) in [5.74, 6) is 0.329. The number of benzene rings is 2. The third-order valence-electron chi connectivity index (χ3n) is 7.46. The number of rotatable bonds is 4. The topological polar surface area (TPSA) is 80.0 Å². The second-order valence-corrected chi connectivity index (χ2v) is 9.20. The minimum Gasteiger partial charge on any atom is -0.394 e. The Hall–Kier alpha value is -2.92. The van der Waals surface area contributed by atoms with E-state index in [1.165, 1.54) is 0 Å². The molecule has 7 heteroatoms. The van der Waals surface area contributed by atoms with Crippen molar-refractivity contribution in [2.24, 2.45) is 5.92 Å². The summed E-state index contributed by atoms with van der Waals surface area (Å²) < 4.78 is 5.43. The van der Waals surface area contributed by atoms with Gasteiger partial charge < -0.3 is 19.6 Å². The maximum Gasteiger partial charge on any atom is 0.237 e. The quantitative estimate of drug-likeness (QED) is 0.776. The number of likely N-dealkylation sites (N-methyl/N-ethyl adjacent to an activating group) is 1. The van der Waals surface area contributed by atoms with Gasteiger partial charge in [-0.2, -0.15) is 5.26 Å². The number of aliphatic hydroxyl groups is 1. The lowest BCUT2D eigenvalue weighted by Crippen LogP contribution is -2.50. The van der Waals surface area contributed by atoms with Crippen molar-refractivity contribution in [3.8, 4) is 17.2 Å². The number of nitriles is 1. The van der Waals surface area contributed by atoms with Crippen molar-refractivity contribution in [3.63, 3.8) is 0 Å². The van der Waals surface area contributed by atoms with Crippen LogP contribution in [0.4, 0.5) is 5.69 Å². The van der Waals surface area contributed by atoms with Crippen LogP contribution < -0.4 is 4.90 Å². The Bertz CT molecular complexity index is 1080. The number of hydrogen-bond donors (Lipinski definition) is 1. The number of hydrogen-bond acceptors (Lipinski definition) is 6. The van der Waals surface area contributed by atoms with Gasteiger partial charge in [-0.05, 0) is 47.4 Å². The molecular formula is C26H30N4O3. The number of likely N-dealkylation sites (tertiary alicyclic amines) is 1.